The Balaban J connectivity index is 1.61. The van der Waals surface area contributed by atoms with Crippen LogP contribution in [-0.4, -0.2) is 22.3 Å². The molecule has 1 amide bonds. The van der Waals surface area contributed by atoms with Crippen LogP contribution in [-0.2, 0) is 0 Å². The van der Waals surface area contributed by atoms with Crippen LogP contribution in [0.3, 0.4) is 0 Å². The summed E-state index contributed by atoms with van der Waals surface area (Å²) in [4.78, 5) is 12.9. The number of aryl methyl sites for hydroxylation is 1. The van der Waals surface area contributed by atoms with Crippen LogP contribution < -0.4 is 5.43 Å². The first-order valence-electron chi connectivity index (χ1n) is 6.17. The number of carbonyl (C=O) groups excluding carboxylic acids is 1. The molecule has 6 heteroatoms. The van der Waals surface area contributed by atoms with Crippen LogP contribution in [0.25, 0.3) is 0 Å². The quantitative estimate of drug-likeness (QED) is 0.664. The van der Waals surface area contributed by atoms with Crippen molar-refractivity contribution >= 4 is 23.5 Å². The number of nitrogens with one attached hydrogen (secondary N) is 2. The number of aromatic nitrogens is 2. The molecule has 1 saturated carbocycles. The summed E-state index contributed by atoms with van der Waals surface area (Å²) < 4.78 is 0. The number of aromatic amines is 1. The number of nitrogens with zero attached hydrogens (tertiary/aromatic N) is 2. The summed E-state index contributed by atoms with van der Waals surface area (Å²) in [7, 11) is 0. The number of hydrogen-bond donors (Lipinski definition) is 2. The van der Waals surface area contributed by atoms with Crippen molar-refractivity contribution in [2.75, 3.05) is 0 Å². The number of rotatable bonds is 4. The number of amides is 1. The SMILES string of the molecule is Cc1ccsc1C=NNC(=O)c1cc(C2CC2)[nH]n1. The Morgan fingerprint density at radius 1 is 1.63 bits per heavy atom. The van der Waals surface area contributed by atoms with Gasteiger partial charge in [-0.1, -0.05) is 0 Å². The predicted octanol–water partition coefficient (Wildman–Crippen LogP) is 2.42. The van der Waals surface area contributed by atoms with Crippen molar-refractivity contribution in [3.63, 3.8) is 0 Å². The van der Waals surface area contributed by atoms with Crippen molar-refractivity contribution in [3.8, 4) is 0 Å². The molecule has 0 unspecified atom stereocenters. The van der Waals surface area contributed by atoms with Gasteiger partial charge >= 0.3 is 0 Å². The van der Waals surface area contributed by atoms with Crippen molar-refractivity contribution in [2.24, 2.45) is 5.10 Å². The minimum Gasteiger partial charge on any atom is -0.281 e. The fourth-order valence-electron chi connectivity index (χ4n) is 1.78. The summed E-state index contributed by atoms with van der Waals surface area (Å²) in [5, 5.41) is 12.9. The molecule has 5 nitrogen and oxygen atoms in total. The summed E-state index contributed by atoms with van der Waals surface area (Å²) in [6, 6.07) is 3.82. The van der Waals surface area contributed by atoms with Gasteiger partial charge in [0.2, 0.25) is 0 Å². The van der Waals surface area contributed by atoms with E-state index in [-0.39, 0.29) is 5.91 Å². The number of thiophene rings is 1. The molecule has 0 saturated heterocycles. The predicted molar refractivity (Wildman–Crippen MR) is 74.7 cm³/mol. The molecule has 2 aromatic heterocycles. The van der Waals surface area contributed by atoms with Gasteiger partial charge in [0.1, 0.15) is 0 Å². The largest absolute Gasteiger partial charge is 0.291 e. The van der Waals surface area contributed by atoms with E-state index in [1.807, 2.05) is 18.4 Å². The molecule has 0 aliphatic heterocycles. The van der Waals surface area contributed by atoms with Crippen LogP contribution in [0.2, 0.25) is 0 Å². The molecule has 1 aliphatic rings. The van der Waals surface area contributed by atoms with Crippen molar-refractivity contribution in [1.82, 2.24) is 15.6 Å². The number of carbonyl (C=O) groups is 1. The topological polar surface area (TPSA) is 70.1 Å². The second-order valence-electron chi connectivity index (χ2n) is 4.65. The maximum atomic E-state index is 11.8. The lowest BCUT2D eigenvalue weighted by atomic mass is 10.2. The highest BCUT2D eigenvalue weighted by Crippen LogP contribution is 2.38. The van der Waals surface area contributed by atoms with Crippen LogP contribution in [0.1, 0.15) is 45.4 Å². The number of H-pyrrole nitrogens is 1. The van der Waals surface area contributed by atoms with Gasteiger partial charge in [-0.3, -0.25) is 9.89 Å². The monoisotopic (exact) mass is 274 g/mol. The van der Waals surface area contributed by atoms with E-state index in [2.05, 4.69) is 20.7 Å². The highest BCUT2D eigenvalue weighted by molar-refractivity contribution is 7.11. The first kappa shape index (κ1) is 12.1. The molecule has 2 N–H and O–H groups in total. The fraction of sp³-hybridized carbons (Fsp3) is 0.308. The summed E-state index contributed by atoms with van der Waals surface area (Å²) in [6.07, 6.45) is 4.02. The van der Waals surface area contributed by atoms with E-state index < -0.39 is 0 Å². The highest BCUT2D eigenvalue weighted by Gasteiger charge is 2.26. The van der Waals surface area contributed by atoms with Gasteiger partial charge in [-0.2, -0.15) is 10.2 Å². The maximum Gasteiger partial charge on any atom is 0.291 e. The average Bonchev–Trinajstić information content (AvgIpc) is 2.99. The zero-order valence-electron chi connectivity index (χ0n) is 10.5. The lowest BCUT2D eigenvalue weighted by molar-refractivity contribution is 0.0950. The third kappa shape index (κ3) is 2.73. The van der Waals surface area contributed by atoms with Crippen LogP contribution in [0.15, 0.2) is 22.6 Å². The van der Waals surface area contributed by atoms with Gasteiger partial charge in [-0.15, -0.1) is 11.3 Å². The summed E-state index contributed by atoms with van der Waals surface area (Å²) in [6.45, 7) is 2.01. The van der Waals surface area contributed by atoms with E-state index in [0.29, 0.717) is 11.6 Å². The molecule has 3 rings (SSSR count). The molecule has 0 atom stereocenters. The van der Waals surface area contributed by atoms with Crippen LogP contribution >= 0.6 is 11.3 Å². The summed E-state index contributed by atoms with van der Waals surface area (Å²) in [5.41, 5.74) is 5.08. The first-order valence-corrected chi connectivity index (χ1v) is 7.05. The Morgan fingerprint density at radius 3 is 3.16 bits per heavy atom. The fourth-order valence-corrected chi connectivity index (χ4v) is 2.57. The molecule has 0 radical (unpaired) electrons. The van der Waals surface area contributed by atoms with Crippen molar-refractivity contribution in [2.45, 2.75) is 25.7 Å². The lowest BCUT2D eigenvalue weighted by Crippen LogP contribution is -2.17. The molecule has 0 spiro atoms. The van der Waals surface area contributed by atoms with Gasteiger partial charge in [0.25, 0.3) is 5.91 Å². The van der Waals surface area contributed by atoms with Gasteiger partial charge in [-0.05, 0) is 42.8 Å². The van der Waals surface area contributed by atoms with E-state index in [1.54, 1.807) is 23.6 Å². The van der Waals surface area contributed by atoms with E-state index in [9.17, 15) is 4.79 Å². The smallest absolute Gasteiger partial charge is 0.281 e. The Labute approximate surface area is 114 Å². The van der Waals surface area contributed by atoms with Crippen LogP contribution in [0.5, 0.6) is 0 Å². The first-order chi connectivity index (χ1) is 9.24. The van der Waals surface area contributed by atoms with Crippen molar-refractivity contribution < 1.29 is 4.79 Å². The van der Waals surface area contributed by atoms with Crippen molar-refractivity contribution in [1.29, 1.82) is 0 Å². The summed E-state index contributed by atoms with van der Waals surface area (Å²) >= 11 is 1.59. The Morgan fingerprint density at radius 2 is 2.47 bits per heavy atom. The molecule has 2 heterocycles. The number of hydrazone groups is 1. The normalized spacial score (nSPS) is 15.0. The molecule has 0 aromatic carbocycles. The summed E-state index contributed by atoms with van der Waals surface area (Å²) in [5.74, 6) is 0.278. The molecule has 98 valence electrons. The second kappa shape index (κ2) is 4.97. The van der Waals surface area contributed by atoms with Crippen LogP contribution in [0, 0.1) is 6.92 Å². The zero-order chi connectivity index (χ0) is 13.2. The van der Waals surface area contributed by atoms with Crippen molar-refractivity contribution in [3.05, 3.63) is 39.3 Å². The third-order valence-electron chi connectivity index (χ3n) is 3.10. The Hall–Kier alpha value is -1.95. The highest BCUT2D eigenvalue weighted by atomic mass is 32.1. The van der Waals surface area contributed by atoms with Crippen LogP contribution in [0.4, 0.5) is 0 Å². The van der Waals surface area contributed by atoms with Gasteiger partial charge < -0.3 is 0 Å². The average molecular weight is 274 g/mol. The minimum atomic E-state index is -0.284. The van der Waals surface area contributed by atoms with E-state index in [1.165, 1.54) is 12.8 Å². The van der Waals surface area contributed by atoms with Gasteiger partial charge in [0.15, 0.2) is 5.69 Å². The molecular weight excluding hydrogens is 260 g/mol. The molecule has 19 heavy (non-hydrogen) atoms. The van der Waals surface area contributed by atoms with E-state index in [4.69, 9.17) is 0 Å². The van der Waals surface area contributed by atoms with Gasteiger partial charge in [-0.25, -0.2) is 5.43 Å². The molecule has 1 fully saturated rings. The lowest BCUT2D eigenvalue weighted by Gasteiger charge is -1.94. The van der Waals surface area contributed by atoms with Gasteiger partial charge in [0.05, 0.1) is 6.21 Å². The van der Waals surface area contributed by atoms with Gasteiger partial charge in [0, 0.05) is 16.5 Å². The minimum absolute atomic E-state index is 0.284. The Kier molecular flexibility index (Phi) is 3.16. The molecule has 1 aliphatic carbocycles. The zero-order valence-corrected chi connectivity index (χ0v) is 11.3. The third-order valence-corrected chi connectivity index (χ3v) is 4.05. The van der Waals surface area contributed by atoms with E-state index >= 15 is 0 Å². The number of hydrogen-bond acceptors (Lipinski definition) is 4. The molecular formula is C13H14N4OS. The standard InChI is InChI=1S/C13H14N4OS/c1-8-4-5-19-12(8)7-14-17-13(18)11-6-10(15-16-11)9-2-3-9/h4-7,9H,2-3H2,1H3,(H,15,16)(H,17,18). The van der Waals surface area contributed by atoms with E-state index in [0.717, 1.165) is 16.1 Å². The molecule has 2 aromatic rings. The second-order valence-corrected chi connectivity index (χ2v) is 5.60. The maximum absolute atomic E-state index is 11.8. The Bertz CT molecular complexity index is 624. The molecule has 0 bridgehead atoms.